The molecular weight excluding hydrogens is 340 g/mol. The van der Waals surface area contributed by atoms with Gasteiger partial charge >= 0.3 is 5.97 Å². The predicted molar refractivity (Wildman–Crippen MR) is 76.2 cm³/mol. The number of aryl methyl sites for hydroxylation is 1. The van der Waals surface area contributed by atoms with E-state index in [-0.39, 0.29) is 5.56 Å². The minimum atomic E-state index is -0.998. The molecule has 0 aliphatic heterocycles. The largest absolute Gasteiger partial charge is 0.478 e. The van der Waals surface area contributed by atoms with Crippen LogP contribution in [0.5, 0.6) is 0 Å². The zero-order valence-corrected chi connectivity index (χ0v) is 12.4. The summed E-state index contributed by atoms with van der Waals surface area (Å²) < 4.78 is 4.73. The third-order valence-electron chi connectivity index (χ3n) is 2.28. The smallest absolute Gasteiger partial charge is 0.340 e. The molecular formula is C11H8BrClN2O2S. The Morgan fingerprint density at radius 1 is 1.56 bits per heavy atom. The van der Waals surface area contributed by atoms with Crippen molar-refractivity contribution in [3.05, 3.63) is 39.0 Å². The van der Waals surface area contributed by atoms with Gasteiger partial charge < -0.3 is 10.4 Å². The van der Waals surface area contributed by atoms with Crippen LogP contribution in [0.15, 0.2) is 22.7 Å². The van der Waals surface area contributed by atoms with Gasteiger partial charge in [0.25, 0.3) is 0 Å². The van der Waals surface area contributed by atoms with E-state index in [1.807, 2.05) is 0 Å². The van der Waals surface area contributed by atoms with E-state index in [1.165, 1.54) is 0 Å². The van der Waals surface area contributed by atoms with Crippen molar-refractivity contribution in [2.45, 2.75) is 6.92 Å². The molecule has 0 spiro atoms. The first-order valence-corrected chi connectivity index (χ1v) is 6.85. The highest BCUT2D eigenvalue weighted by Crippen LogP contribution is 2.35. The molecule has 2 rings (SSSR count). The van der Waals surface area contributed by atoms with E-state index < -0.39 is 5.97 Å². The zero-order valence-electron chi connectivity index (χ0n) is 9.20. The van der Waals surface area contributed by atoms with Crippen LogP contribution >= 0.6 is 39.1 Å². The Morgan fingerprint density at radius 3 is 2.94 bits per heavy atom. The Balaban J connectivity index is 2.41. The number of rotatable bonds is 3. The number of aromatic nitrogens is 1. The quantitative estimate of drug-likeness (QED) is 0.868. The van der Waals surface area contributed by atoms with Gasteiger partial charge in [-0.1, -0.05) is 17.7 Å². The van der Waals surface area contributed by atoms with Crippen LogP contribution in [0.2, 0.25) is 5.02 Å². The van der Waals surface area contributed by atoms with Crippen LogP contribution in [-0.2, 0) is 0 Å². The van der Waals surface area contributed by atoms with Gasteiger partial charge in [0, 0.05) is 0 Å². The number of benzene rings is 1. The van der Waals surface area contributed by atoms with Gasteiger partial charge in [0.05, 0.1) is 20.9 Å². The van der Waals surface area contributed by atoms with Gasteiger partial charge in [0.15, 0.2) is 0 Å². The molecule has 2 N–H and O–H groups in total. The van der Waals surface area contributed by atoms with E-state index in [1.54, 1.807) is 25.1 Å². The third kappa shape index (κ3) is 2.50. The van der Waals surface area contributed by atoms with Gasteiger partial charge in [-0.3, -0.25) is 0 Å². The van der Waals surface area contributed by atoms with Gasteiger partial charge in [0.1, 0.15) is 10.6 Å². The molecule has 0 amide bonds. The molecule has 0 atom stereocenters. The summed E-state index contributed by atoms with van der Waals surface area (Å²) in [5.74, 6) is -0.998. The van der Waals surface area contributed by atoms with Crippen molar-refractivity contribution in [1.29, 1.82) is 0 Å². The Bertz CT molecular complexity index is 615. The number of hydrogen-bond donors (Lipinski definition) is 2. The highest BCUT2D eigenvalue weighted by molar-refractivity contribution is 9.10. The molecule has 0 aliphatic carbocycles. The van der Waals surface area contributed by atoms with Gasteiger partial charge in [-0.2, -0.15) is 4.37 Å². The molecule has 0 saturated heterocycles. The standard InChI is InChI=1S/C11H8BrClN2O2S/c1-5-8(11(16)17)10(18-15-5)14-7-4-2-3-6(13)9(7)12/h2-4,14H,1H3,(H,16,17). The summed E-state index contributed by atoms with van der Waals surface area (Å²) in [5.41, 5.74) is 1.38. The van der Waals surface area contributed by atoms with E-state index >= 15 is 0 Å². The maximum Gasteiger partial charge on any atom is 0.340 e. The summed E-state index contributed by atoms with van der Waals surface area (Å²) in [5, 5.41) is 13.2. The fourth-order valence-corrected chi connectivity index (χ4v) is 2.77. The second-order valence-electron chi connectivity index (χ2n) is 3.50. The number of carboxylic acids is 1. The first-order valence-electron chi connectivity index (χ1n) is 4.91. The van der Waals surface area contributed by atoms with Gasteiger partial charge in [-0.25, -0.2) is 4.79 Å². The maximum absolute atomic E-state index is 11.1. The molecule has 1 aromatic carbocycles. The minimum Gasteiger partial charge on any atom is -0.478 e. The number of carboxylic acid groups (broad SMARTS) is 1. The molecule has 94 valence electrons. The number of nitrogens with one attached hydrogen (secondary N) is 1. The summed E-state index contributed by atoms with van der Waals surface area (Å²) >= 11 is 10.4. The lowest BCUT2D eigenvalue weighted by atomic mass is 10.2. The summed E-state index contributed by atoms with van der Waals surface area (Å²) in [6.07, 6.45) is 0. The first-order chi connectivity index (χ1) is 8.50. The lowest BCUT2D eigenvalue weighted by molar-refractivity contribution is 0.0697. The second-order valence-corrected chi connectivity index (χ2v) is 5.48. The van der Waals surface area contributed by atoms with Crippen LogP contribution in [0.25, 0.3) is 0 Å². The number of anilines is 2. The molecule has 0 bridgehead atoms. The van der Waals surface area contributed by atoms with E-state index in [0.717, 1.165) is 11.5 Å². The van der Waals surface area contributed by atoms with Crippen molar-refractivity contribution in [3.63, 3.8) is 0 Å². The van der Waals surface area contributed by atoms with E-state index in [0.29, 0.717) is 25.9 Å². The zero-order chi connectivity index (χ0) is 13.3. The average Bonchev–Trinajstić information content (AvgIpc) is 2.66. The Hall–Kier alpha value is -1.11. The van der Waals surface area contributed by atoms with Crippen LogP contribution < -0.4 is 5.32 Å². The number of aromatic carboxylic acids is 1. The predicted octanol–water partition coefficient (Wildman–Crippen LogP) is 4.31. The fourth-order valence-electron chi connectivity index (χ4n) is 1.43. The normalized spacial score (nSPS) is 10.4. The van der Waals surface area contributed by atoms with Crippen LogP contribution in [0.1, 0.15) is 16.1 Å². The Morgan fingerprint density at radius 2 is 2.28 bits per heavy atom. The molecule has 0 saturated carbocycles. The van der Waals surface area contributed by atoms with Gasteiger partial charge in [-0.05, 0) is 46.5 Å². The molecule has 1 aromatic heterocycles. The van der Waals surface area contributed by atoms with Crippen LogP contribution in [0.4, 0.5) is 10.7 Å². The molecule has 0 unspecified atom stereocenters. The van der Waals surface area contributed by atoms with Gasteiger partial charge in [-0.15, -0.1) is 0 Å². The summed E-state index contributed by atoms with van der Waals surface area (Å²) in [4.78, 5) is 11.1. The highest BCUT2D eigenvalue weighted by Gasteiger charge is 2.18. The second kappa shape index (κ2) is 5.26. The van der Waals surface area contributed by atoms with Crippen molar-refractivity contribution in [2.24, 2.45) is 0 Å². The fraction of sp³-hybridized carbons (Fsp3) is 0.0909. The van der Waals surface area contributed by atoms with Crippen LogP contribution in [0, 0.1) is 6.92 Å². The third-order valence-corrected chi connectivity index (χ3v) is 4.53. The summed E-state index contributed by atoms with van der Waals surface area (Å²) in [6, 6.07) is 5.33. The number of carbonyl (C=O) groups is 1. The van der Waals surface area contributed by atoms with Crippen molar-refractivity contribution in [3.8, 4) is 0 Å². The summed E-state index contributed by atoms with van der Waals surface area (Å²) in [6.45, 7) is 1.66. The van der Waals surface area contributed by atoms with Crippen molar-refractivity contribution < 1.29 is 9.90 Å². The van der Waals surface area contributed by atoms with E-state index in [4.69, 9.17) is 16.7 Å². The average molecular weight is 348 g/mol. The van der Waals surface area contributed by atoms with Crippen molar-refractivity contribution in [1.82, 2.24) is 4.37 Å². The number of hydrogen-bond acceptors (Lipinski definition) is 4. The Labute approximate surface area is 121 Å². The lowest BCUT2D eigenvalue weighted by Gasteiger charge is -2.08. The van der Waals surface area contributed by atoms with E-state index in [2.05, 4.69) is 25.6 Å². The minimum absolute atomic E-state index is 0.187. The topological polar surface area (TPSA) is 62.2 Å². The molecule has 18 heavy (non-hydrogen) atoms. The van der Waals surface area contributed by atoms with Crippen molar-refractivity contribution >= 4 is 55.7 Å². The molecule has 0 aliphatic rings. The molecule has 0 fully saturated rings. The SMILES string of the molecule is Cc1nsc(Nc2cccc(Cl)c2Br)c1C(=O)O. The van der Waals surface area contributed by atoms with Crippen LogP contribution in [-0.4, -0.2) is 15.4 Å². The summed E-state index contributed by atoms with van der Waals surface area (Å²) in [7, 11) is 0. The van der Waals surface area contributed by atoms with Gasteiger partial charge in [0.2, 0.25) is 0 Å². The highest BCUT2D eigenvalue weighted by atomic mass is 79.9. The number of halogens is 2. The first kappa shape index (κ1) is 13.3. The number of nitrogens with zero attached hydrogens (tertiary/aromatic N) is 1. The molecule has 2 aromatic rings. The molecule has 7 heteroatoms. The molecule has 1 heterocycles. The van der Waals surface area contributed by atoms with E-state index in [9.17, 15) is 4.79 Å². The molecule has 4 nitrogen and oxygen atoms in total. The Kier molecular flexibility index (Phi) is 3.89. The van der Waals surface area contributed by atoms with Crippen LogP contribution in [0.3, 0.4) is 0 Å². The lowest BCUT2D eigenvalue weighted by Crippen LogP contribution is -2.01. The van der Waals surface area contributed by atoms with Crippen molar-refractivity contribution in [2.75, 3.05) is 5.32 Å². The molecule has 0 radical (unpaired) electrons. The maximum atomic E-state index is 11.1. The monoisotopic (exact) mass is 346 g/mol.